The molecule has 2 N–H and O–H groups in total. The van der Waals surface area contributed by atoms with Gasteiger partial charge in [-0.25, -0.2) is 0 Å². The summed E-state index contributed by atoms with van der Waals surface area (Å²) < 4.78 is 16.8. The van der Waals surface area contributed by atoms with Crippen LogP contribution in [0.2, 0.25) is 0 Å². The molecule has 0 bridgehead atoms. The van der Waals surface area contributed by atoms with Crippen molar-refractivity contribution >= 4 is 5.96 Å². The van der Waals surface area contributed by atoms with Crippen LogP contribution in [0.5, 0.6) is 0 Å². The molecule has 6 nitrogen and oxygen atoms in total. The van der Waals surface area contributed by atoms with Gasteiger partial charge in [0.1, 0.15) is 0 Å². The van der Waals surface area contributed by atoms with Gasteiger partial charge in [-0.15, -0.1) is 0 Å². The van der Waals surface area contributed by atoms with Gasteiger partial charge in [-0.05, 0) is 31.6 Å². The number of hydrogen-bond acceptors (Lipinski definition) is 4. The summed E-state index contributed by atoms with van der Waals surface area (Å²) in [6.45, 7) is 13.2. The van der Waals surface area contributed by atoms with E-state index in [2.05, 4.69) is 43.3 Å². The third kappa shape index (κ3) is 8.85. The number of guanidine groups is 1. The van der Waals surface area contributed by atoms with Gasteiger partial charge in [-0.3, -0.25) is 4.99 Å². The summed E-state index contributed by atoms with van der Waals surface area (Å²) >= 11 is 0. The molecule has 0 amide bonds. The molecule has 0 spiro atoms. The molecule has 0 radical (unpaired) electrons. The van der Waals surface area contributed by atoms with E-state index < -0.39 is 0 Å². The van der Waals surface area contributed by atoms with E-state index >= 15 is 0 Å². The van der Waals surface area contributed by atoms with Crippen molar-refractivity contribution in [1.29, 1.82) is 0 Å². The second-order valence-corrected chi connectivity index (χ2v) is 7.30. The van der Waals surface area contributed by atoms with E-state index in [1.54, 1.807) is 7.11 Å². The fourth-order valence-electron chi connectivity index (χ4n) is 2.59. The molecule has 24 heavy (non-hydrogen) atoms. The van der Waals surface area contributed by atoms with E-state index in [4.69, 9.17) is 14.2 Å². The van der Waals surface area contributed by atoms with Gasteiger partial charge in [0, 0.05) is 33.4 Å². The number of ether oxygens (including phenoxy) is 3. The number of rotatable bonds is 10. The van der Waals surface area contributed by atoms with Crippen molar-refractivity contribution in [3.8, 4) is 0 Å². The Labute approximate surface area is 147 Å². The average Bonchev–Trinajstić information content (AvgIpc) is 3.03. The van der Waals surface area contributed by atoms with E-state index in [-0.39, 0.29) is 11.5 Å². The second kappa shape index (κ2) is 11.7. The number of nitrogens with one attached hydrogen (secondary N) is 2. The summed E-state index contributed by atoms with van der Waals surface area (Å²) in [5.41, 5.74) is 0.0751. The largest absolute Gasteiger partial charge is 0.379 e. The summed E-state index contributed by atoms with van der Waals surface area (Å²) in [5.74, 6) is 0.836. The molecule has 0 aromatic heterocycles. The minimum atomic E-state index is 0.0751. The van der Waals surface area contributed by atoms with Gasteiger partial charge >= 0.3 is 0 Å². The Kier molecular flexibility index (Phi) is 10.3. The lowest BCUT2D eigenvalue weighted by molar-refractivity contribution is 0.0168. The van der Waals surface area contributed by atoms with Crippen molar-refractivity contribution in [2.45, 2.75) is 59.2 Å². The molecule has 1 fully saturated rings. The first-order chi connectivity index (χ1) is 11.5. The van der Waals surface area contributed by atoms with Gasteiger partial charge in [-0.1, -0.05) is 20.8 Å². The minimum Gasteiger partial charge on any atom is -0.379 e. The lowest BCUT2D eigenvalue weighted by atomic mass is 9.89. The first-order valence-corrected chi connectivity index (χ1v) is 9.21. The van der Waals surface area contributed by atoms with Crippen LogP contribution in [0.3, 0.4) is 0 Å². The Bertz CT molecular complexity index is 350. The zero-order chi connectivity index (χ0) is 17.8. The van der Waals surface area contributed by atoms with Gasteiger partial charge in [-0.2, -0.15) is 0 Å². The molecule has 1 rings (SSSR count). The van der Waals surface area contributed by atoms with E-state index in [1.165, 1.54) is 0 Å². The summed E-state index contributed by atoms with van der Waals surface area (Å²) in [6, 6.07) is 0. The first-order valence-electron chi connectivity index (χ1n) is 9.21. The predicted octanol–water partition coefficient (Wildman–Crippen LogP) is 2.19. The highest BCUT2D eigenvalue weighted by atomic mass is 16.5. The quantitative estimate of drug-likeness (QED) is 0.362. The van der Waals surface area contributed by atoms with Crippen LogP contribution < -0.4 is 10.6 Å². The fraction of sp³-hybridized carbons (Fsp3) is 0.944. The lowest BCUT2D eigenvalue weighted by Gasteiger charge is -2.28. The van der Waals surface area contributed by atoms with Crippen molar-refractivity contribution < 1.29 is 14.2 Å². The maximum atomic E-state index is 5.67. The highest BCUT2D eigenvalue weighted by Gasteiger charge is 2.24. The SMILES string of the molecule is CCNC(=NCC(OC)C(C)(C)C)NCCCOCC1CCCO1. The van der Waals surface area contributed by atoms with Crippen molar-refractivity contribution in [3.05, 3.63) is 0 Å². The van der Waals surface area contributed by atoms with E-state index in [9.17, 15) is 0 Å². The van der Waals surface area contributed by atoms with Crippen LogP contribution in [-0.4, -0.2) is 64.7 Å². The second-order valence-electron chi connectivity index (χ2n) is 7.30. The predicted molar refractivity (Wildman–Crippen MR) is 98.6 cm³/mol. The van der Waals surface area contributed by atoms with E-state index in [1.807, 2.05) is 0 Å². The van der Waals surface area contributed by atoms with Gasteiger partial charge in [0.25, 0.3) is 0 Å². The molecular formula is C18H37N3O3. The molecule has 142 valence electrons. The number of hydrogen-bond donors (Lipinski definition) is 2. The Balaban J connectivity index is 2.22. The molecule has 1 saturated heterocycles. The molecule has 1 heterocycles. The maximum Gasteiger partial charge on any atom is 0.191 e. The summed E-state index contributed by atoms with van der Waals surface area (Å²) in [6.07, 6.45) is 3.64. The summed E-state index contributed by atoms with van der Waals surface area (Å²) in [4.78, 5) is 4.64. The zero-order valence-corrected chi connectivity index (χ0v) is 16.2. The van der Waals surface area contributed by atoms with Gasteiger partial charge in [0.2, 0.25) is 0 Å². The van der Waals surface area contributed by atoms with E-state index in [0.717, 1.165) is 58.1 Å². The van der Waals surface area contributed by atoms with Crippen molar-refractivity contribution in [3.63, 3.8) is 0 Å². The smallest absolute Gasteiger partial charge is 0.191 e. The molecule has 0 aliphatic carbocycles. The van der Waals surface area contributed by atoms with Crippen molar-refractivity contribution in [1.82, 2.24) is 10.6 Å². The Morgan fingerprint density at radius 1 is 1.33 bits per heavy atom. The van der Waals surface area contributed by atoms with Crippen LogP contribution in [0.15, 0.2) is 4.99 Å². The first kappa shape index (κ1) is 21.2. The Morgan fingerprint density at radius 3 is 2.71 bits per heavy atom. The fourth-order valence-corrected chi connectivity index (χ4v) is 2.59. The van der Waals surface area contributed by atoms with Crippen LogP contribution in [-0.2, 0) is 14.2 Å². The standard InChI is InChI=1S/C18H37N3O3/c1-6-19-17(21-13-16(22-5)18(2,3)4)20-10-8-11-23-14-15-9-7-12-24-15/h15-16H,6-14H2,1-5H3,(H2,19,20,21). The maximum absolute atomic E-state index is 5.67. The third-order valence-corrected chi connectivity index (χ3v) is 4.10. The minimum absolute atomic E-state index is 0.0751. The molecule has 1 aliphatic rings. The van der Waals surface area contributed by atoms with Crippen LogP contribution in [0.4, 0.5) is 0 Å². The molecule has 0 saturated carbocycles. The molecule has 1 aliphatic heterocycles. The topological polar surface area (TPSA) is 64.1 Å². The summed E-state index contributed by atoms with van der Waals surface area (Å²) in [7, 11) is 1.75. The highest BCUT2D eigenvalue weighted by Crippen LogP contribution is 2.21. The number of nitrogens with zero attached hydrogens (tertiary/aromatic N) is 1. The van der Waals surface area contributed by atoms with Gasteiger partial charge in [0.05, 0.1) is 25.4 Å². The zero-order valence-electron chi connectivity index (χ0n) is 16.2. The molecular weight excluding hydrogens is 306 g/mol. The van der Waals surface area contributed by atoms with Crippen molar-refractivity contribution in [2.75, 3.05) is 46.6 Å². The average molecular weight is 344 g/mol. The molecule has 2 unspecified atom stereocenters. The Morgan fingerprint density at radius 2 is 2.12 bits per heavy atom. The Hall–Kier alpha value is -0.850. The summed E-state index contributed by atoms with van der Waals surface area (Å²) in [5, 5.41) is 6.62. The van der Waals surface area contributed by atoms with Crippen LogP contribution in [0.1, 0.15) is 47.0 Å². The number of aliphatic imine (C=N–C) groups is 1. The van der Waals surface area contributed by atoms with E-state index in [0.29, 0.717) is 12.6 Å². The molecule has 2 atom stereocenters. The number of methoxy groups -OCH3 is 1. The normalized spacial score (nSPS) is 20.2. The third-order valence-electron chi connectivity index (χ3n) is 4.10. The molecule has 0 aromatic rings. The van der Waals surface area contributed by atoms with Gasteiger partial charge in [0.15, 0.2) is 5.96 Å². The van der Waals surface area contributed by atoms with Crippen LogP contribution >= 0.6 is 0 Å². The highest BCUT2D eigenvalue weighted by molar-refractivity contribution is 5.79. The monoisotopic (exact) mass is 343 g/mol. The lowest BCUT2D eigenvalue weighted by Crippen LogP contribution is -2.40. The molecule has 6 heteroatoms. The van der Waals surface area contributed by atoms with Crippen molar-refractivity contribution in [2.24, 2.45) is 10.4 Å². The van der Waals surface area contributed by atoms with Gasteiger partial charge < -0.3 is 24.8 Å². The molecule has 0 aromatic carbocycles. The van der Waals surface area contributed by atoms with Crippen LogP contribution in [0.25, 0.3) is 0 Å². The van der Waals surface area contributed by atoms with Crippen LogP contribution in [0, 0.1) is 5.41 Å².